The average Bonchev–Trinajstić information content (AvgIpc) is 3.53. The lowest BCUT2D eigenvalue weighted by molar-refractivity contribution is 0.155. The Morgan fingerprint density at radius 2 is 1.85 bits per heavy atom. The summed E-state index contributed by atoms with van der Waals surface area (Å²) in [6, 6.07) is 22.9. The molecule has 2 amide bonds. The number of carbonyl (C=O) groups is 1. The second-order valence-electron chi connectivity index (χ2n) is 7.99. The first-order chi connectivity index (χ1) is 16.2. The highest BCUT2D eigenvalue weighted by molar-refractivity contribution is 5.89. The van der Waals surface area contributed by atoms with Gasteiger partial charge in [-0.3, -0.25) is 0 Å². The van der Waals surface area contributed by atoms with Crippen LogP contribution in [0.3, 0.4) is 0 Å². The van der Waals surface area contributed by atoms with Crippen molar-refractivity contribution in [2.24, 2.45) is 0 Å². The van der Waals surface area contributed by atoms with Crippen LogP contribution in [0.2, 0.25) is 0 Å². The minimum atomic E-state index is -0.425. The summed E-state index contributed by atoms with van der Waals surface area (Å²) in [6.45, 7) is 0.367. The molecule has 33 heavy (non-hydrogen) atoms. The number of rotatable bonds is 3. The Labute approximate surface area is 189 Å². The Kier molecular flexibility index (Phi) is 4.61. The van der Waals surface area contributed by atoms with Crippen molar-refractivity contribution in [1.82, 2.24) is 25.0 Å². The van der Waals surface area contributed by atoms with Crippen LogP contribution in [0, 0.1) is 0 Å². The van der Waals surface area contributed by atoms with Gasteiger partial charge in [0.15, 0.2) is 0 Å². The van der Waals surface area contributed by atoms with Gasteiger partial charge in [0.2, 0.25) is 11.7 Å². The molecule has 8 nitrogen and oxygen atoms in total. The van der Waals surface area contributed by atoms with Gasteiger partial charge in [-0.25, -0.2) is 9.78 Å². The summed E-state index contributed by atoms with van der Waals surface area (Å²) < 4.78 is 5.67. The van der Waals surface area contributed by atoms with Gasteiger partial charge in [-0.05, 0) is 29.0 Å². The highest BCUT2D eigenvalue weighted by Gasteiger charge is 2.36. The minimum absolute atomic E-state index is 0.239. The molecular formula is C25H20N6O2. The second kappa shape index (κ2) is 7.90. The molecule has 1 aliphatic heterocycles. The zero-order valence-electron chi connectivity index (χ0n) is 17.6. The van der Waals surface area contributed by atoms with Gasteiger partial charge >= 0.3 is 6.03 Å². The Morgan fingerprint density at radius 1 is 1.03 bits per heavy atom. The topological polar surface area (TPSA) is 99.9 Å². The number of aromatic amines is 1. The summed E-state index contributed by atoms with van der Waals surface area (Å²) >= 11 is 0. The summed E-state index contributed by atoms with van der Waals surface area (Å²) in [4.78, 5) is 27.1. The maximum Gasteiger partial charge on any atom is 0.322 e. The molecule has 0 aliphatic carbocycles. The quantitative estimate of drug-likeness (QED) is 0.417. The van der Waals surface area contributed by atoms with Crippen LogP contribution in [0.15, 0.2) is 83.6 Å². The van der Waals surface area contributed by atoms with Crippen molar-refractivity contribution in [2.75, 3.05) is 5.32 Å². The van der Waals surface area contributed by atoms with Gasteiger partial charge in [0, 0.05) is 17.7 Å². The van der Waals surface area contributed by atoms with Crippen LogP contribution in [0.5, 0.6) is 0 Å². The number of hydrogen-bond acceptors (Lipinski definition) is 5. The number of carbonyl (C=O) groups excluding carboxylic acids is 1. The van der Waals surface area contributed by atoms with Crippen LogP contribution in [-0.2, 0) is 13.0 Å². The first kappa shape index (κ1) is 19.2. The van der Waals surface area contributed by atoms with E-state index in [1.807, 2.05) is 60.7 Å². The molecule has 0 saturated heterocycles. The van der Waals surface area contributed by atoms with Gasteiger partial charge in [0.1, 0.15) is 6.04 Å². The lowest BCUT2D eigenvalue weighted by Gasteiger charge is -2.32. The molecule has 0 bridgehead atoms. The number of fused-ring (bicyclic) bond motifs is 2. The van der Waals surface area contributed by atoms with E-state index in [-0.39, 0.29) is 6.03 Å². The minimum Gasteiger partial charge on any atom is -0.347 e. The molecule has 6 rings (SSSR count). The third-order valence-corrected chi connectivity index (χ3v) is 5.92. The van der Waals surface area contributed by atoms with E-state index in [0.717, 1.165) is 33.4 Å². The van der Waals surface area contributed by atoms with Crippen molar-refractivity contribution in [3.63, 3.8) is 0 Å². The number of hydrogen-bond donors (Lipinski definition) is 2. The van der Waals surface area contributed by atoms with Gasteiger partial charge in [-0.1, -0.05) is 59.8 Å². The Balaban J connectivity index is 1.32. The fourth-order valence-corrected chi connectivity index (χ4v) is 4.20. The zero-order chi connectivity index (χ0) is 22.2. The van der Waals surface area contributed by atoms with Gasteiger partial charge in [0.05, 0.1) is 24.3 Å². The van der Waals surface area contributed by atoms with Crippen molar-refractivity contribution in [1.29, 1.82) is 0 Å². The molecule has 0 saturated carbocycles. The van der Waals surface area contributed by atoms with Gasteiger partial charge in [-0.2, -0.15) is 4.98 Å². The first-order valence-electron chi connectivity index (χ1n) is 10.7. The summed E-state index contributed by atoms with van der Waals surface area (Å²) in [5.74, 6) is 0.877. The number of H-pyrrole nitrogens is 1. The van der Waals surface area contributed by atoms with Crippen molar-refractivity contribution in [3.8, 4) is 11.4 Å². The third kappa shape index (κ3) is 3.61. The number of anilines is 1. The summed E-state index contributed by atoms with van der Waals surface area (Å²) in [5.41, 5.74) is 3.39. The third-order valence-electron chi connectivity index (χ3n) is 5.92. The maximum atomic E-state index is 13.2. The van der Waals surface area contributed by atoms with E-state index >= 15 is 0 Å². The van der Waals surface area contributed by atoms with Crippen LogP contribution < -0.4 is 5.32 Å². The lowest BCUT2D eigenvalue weighted by atomic mass is 10.0. The summed E-state index contributed by atoms with van der Waals surface area (Å²) in [5, 5.41) is 9.42. The second-order valence-corrected chi connectivity index (χ2v) is 7.99. The number of nitrogens with one attached hydrogen (secondary N) is 2. The molecule has 5 aromatic rings. The van der Waals surface area contributed by atoms with Gasteiger partial charge < -0.3 is 19.7 Å². The molecule has 1 atom stereocenters. The number of amides is 2. The number of imidazole rings is 1. The van der Waals surface area contributed by atoms with E-state index in [1.54, 1.807) is 11.2 Å². The predicted molar refractivity (Wildman–Crippen MR) is 123 cm³/mol. The fraction of sp³-hybridized carbons (Fsp3) is 0.120. The van der Waals surface area contributed by atoms with Crippen molar-refractivity contribution < 1.29 is 9.32 Å². The Morgan fingerprint density at radius 3 is 2.73 bits per heavy atom. The number of para-hydroxylation sites is 1. The summed E-state index contributed by atoms with van der Waals surface area (Å²) in [6.07, 6.45) is 2.13. The van der Waals surface area contributed by atoms with Crippen LogP contribution in [-0.4, -0.2) is 31.0 Å². The van der Waals surface area contributed by atoms with Crippen molar-refractivity contribution in [2.45, 2.75) is 19.0 Å². The molecule has 1 unspecified atom stereocenters. The molecule has 3 aromatic carbocycles. The fourth-order valence-electron chi connectivity index (χ4n) is 4.20. The average molecular weight is 436 g/mol. The highest BCUT2D eigenvalue weighted by Crippen LogP contribution is 2.33. The SMILES string of the molecule is O=C(Nc1ccccc1)N1Cc2[nH]cnc2CC1c1nc(-c2ccc3ccccc3c2)no1. The van der Waals surface area contributed by atoms with Crippen LogP contribution in [0.25, 0.3) is 22.2 Å². The van der Waals surface area contributed by atoms with Crippen molar-refractivity contribution >= 4 is 22.5 Å². The normalized spacial score (nSPS) is 15.4. The van der Waals surface area contributed by atoms with E-state index < -0.39 is 6.04 Å². The molecule has 162 valence electrons. The molecule has 8 heteroatoms. The largest absolute Gasteiger partial charge is 0.347 e. The Bertz CT molecular complexity index is 1440. The smallest absolute Gasteiger partial charge is 0.322 e. The predicted octanol–water partition coefficient (Wildman–Crippen LogP) is 4.94. The Hall–Kier alpha value is -4.46. The number of nitrogens with zero attached hydrogens (tertiary/aromatic N) is 4. The maximum absolute atomic E-state index is 13.2. The molecular weight excluding hydrogens is 416 g/mol. The molecule has 2 aromatic heterocycles. The van der Waals surface area contributed by atoms with Crippen LogP contribution in [0.4, 0.5) is 10.5 Å². The van der Waals surface area contributed by atoms with Gasteiger partial charge in [-0.15, -0.1) is 0 Å². The zero-order valence-corrected chi connectivity index (χ0v) is 17.6. The molecule has 0 fully saturated rings. The highest BCUT2D eigenvalue weighted by atomic mass is 16.5. The van der Waals surface area contributed by atoms with E-state index in [9.17, 15) is 4.79 Å². The molecule has 3 heterocycles. The van der Waals surface area contributed by atoms with E-state index in [1.165, 1.54) is 0 Å². The molecule has 0 spiro atoms. The number of urea groups is 1. The van der Waals surface area contributed by atoms with Crippen LogP contribution >= 0.6 is 0 Å². The first-order valence-corrected chi connectivity index (χ1v) is 10.7. The number of aromatic nitrogens is 4. The molecule has 1 aliphatic rings. The van der Waals surface area contributed by atoms with E-state index in [4.69, 9.17) is 4.52 Å². The van der Waals surface area contributed by atoms with Gasteiger partial charge in [0.25, 0.3) is 0 Å². The summed E-state index contributed by atoms with van der Waals surface area (Å²) in [7, 11) is 0. The van der Waals surface area contributed by atoms with Crippen molar-refractivity contribution in [3.05, 3.63) is 96.4 Å². The monoisotopic (exact) mass is 436 g/mol. The van der Waals surface area contributed by atoms with E-state index in [0.29, 0.717) is 24.7 Å². The van der Waals surface area contributed by atoms with E-state index in [2.05, 4.69) is 37.6 Å². The molecule has 2 N–H and O–H groups in total. The standard InChI is InChI=1S/C25H20N6O2/c32-25(28-19-8-2-1-3-9-19)31-14-21-20(26-15-27-21)13-22(31)24-29-23(30-33-24)18-11-10-16-6-4-5-7-17(16)12-18/h1-12,15,22H,13-14H2,(H,26,27)(H,28,32). The number of benzene rings is 3. The molecule has 0 radical (unpaired) electrons. The lowest BCUT2D eigenvalue weighted by Crippen LogP contribution is -2.41. The van der Waals surface area contributed by atoms with Crippen LogP contribution in [0.1, 0.15) is 23.3 Å².